The molecule has 1 unspecified atom stereocenters. The zero-order valence-electron chi connectivity index (χ0n) is 15.7. The molecule has 1 aromatic carbocycles. The average molecular weight is 365 g/mol. The number of H-pyrrole nitrogens is 2. The average Bonchev–Trinajstić information content (AvgIpc) is 3.35. The van der Waals surface area contributed by atoms with Gasteiger partial charge in [0.15, 0.2) is 5.82 Å². The molecule has 1 atom stereocenters. The maximum absolute atomic E-state index is 13.2. The van der Waals surface area contributed by atoms with Crippen LogP contribution in [0.4, 0.5) is 5.69 Å². The summed E-state index contributed by atoms with van der Waals surface area (Å²) in [7, 11) is 3.93. The minimum absolute atomic E-state index is 0.00167. The fraction of sp³-hybridized carbons (Fsp3) is 0.368. The molecule has 0 saturated heterocycles. The summed E-state index contributed by atoms with van der Waals surface area (Å²) < 4.78 is 0. The standard InChI is InChI=1S/C19H23N7O/c1-4-16-21-18(24-22-16)15-11-26(10-13-9-20-23-17(13)15)19(27)12-6-5-7-14(8-12)25(2)3/h5-9,15H,4,10-11H2,1-3H3,(H,20,23)(H,21,22,24). The number of carbonyl (C=O) groups excluding carboxylic acids is 1. The Kier molecular flexibility index (Phi) is 4.39. The van der Waals surface area contributed by atoms with Crippen LogP contribution in [0.25, 0.3) is 0 Å². The van der Waals surface area contributed by atoms with Crippen molar-refractivity contribution in [2.75, 3.05) is 25.5 Å². The number of nitrogens with one attached hydrogen (secondary N) is 2. The molecule has 1 aliphatic heterocycles. The first kappa shape index (κ1) is 17.3. The highest BCUT2D eigenvalue weighted by molar-refractivity contribution is 5.95. The van der Waals surface area contributed by atoms with Gasteiger partial charge in [-0.3, -0.25) is 15.0 Å². The molecule has 1 aliphatic rings. The summed E-state index contributed by atoms with van der Waals surface area (Å²) in [6.07, 6.45) is 2.57. The second-order valence-corrected chi connectivity index (χ2v) is 6.99. The highest BCUT2D eigenvalue weighted by Crippen LogP contribution is 2.31. The summed E-state index contributed by atoms with van der Waals surface area (Å²) in [6.45, 7) is 3.07. The number of hydrogen-bond donors (Lipinski definition) is 2. The molecule has 2 N–H and O–H groups in total. The maximum Gasteiger partial charge on any atom is 0.254 e. The molecule has 1 amide bonds. The summed E-state index contributed by atoms with van der Waals surface area (Å²) >= 11 is 0. The van der Waals surface area contributed by atoms with Gasteiger partial charge in [-0.1, -0.05) is 13.0 Å². The minimum atomic E-state index is -0.117. The molecule has 27 heavy (non-hydrogen) atoms. The van der Waals surface area contributed by atoms with Crippen LogP contribution in [-0.2, 0) is 13.0 Å². The SMILES string of the molecule is CCc1nc(C2CN(C(=O)c3cccc(N(C)C)c3)Cc3cn[nH]c32)n[nH]1. The van der Waals surface area contributed by atoms with Gasteiger partial charge in [0.2, 0.25) is 0 Å². The van der Waals surface area contributed by atoms with Crippen LogP contribution in [0.5, 0.6) is 0 Å². The predicted octanol–water partition coefficient (Wildman–Crippen LogP) is 1.94. The number of hydrogen-bond acceptors (Lipinski definition) is 5. The van der Waals surface area contributed by atoms with E-state index in [2.05, 4.69) is 25.4 Å². The third kappa shape index (κ3) is 3.18. The van der Waals surface area contributed by atoms with Crippen molar-refractivity contribution < 1.29 is 4.79 Å². The summed E-state index contributed by atoms with van der Waals surface area (Å²) in [5.41, 5.74) is 3.67. The van der Waals surface area contributed by atoms with Crippen molar-refractivity contribution in [2.45, 2.75) is 25.8 Å². The third-order valence-electron chi connectivity index (χ3n) is 4.96. The largest absolute Gasteiger partial charge is 0.378 e. The Labute approximate surface area is 157 Å². The number of nitrogens with zero attached hydrogens (tertiary/aromatic N) is 5. The molecule has 0 radical (unpaired) electrons. The number of aromatic amines is 2. The number of aryl methyl sites for hydroxylation is 1. The minimum Gasteiger partial charge on any atom is -0.378 e. The Hall–Kier alpha value is -3.16. The zero-order chi connectivity index (χ0) is 19.0. The van der Waals surface area contributed by atoms with Gasteiger partial charge < -0.3 is 9.80 Å². The first-order valence-electron chi connectivity index (χ1n) is 9.06. The highest BCUT2D eigenvalue weighted by Gasteiger charge is 2.33. The molecule has 0 saturated carbocycles. The van der Waals surface area contributed by atoms with E-state index >= 15 is 0 Å². The predicted molar refractivity (Wildman–Crippen MR) is 102 cm³/mol. The van der Waals surface area contributed by atoms with Crippen LogP contribution >= 0.6 is 0 Å². The molecule has 3 heterocycles. The molecule has 140 valence electrons. The fourth-order valence-corrected chi connectivity index (χ4v) is 3.42. The summed E-state index contributed by atoms with van der Waals surface area (Å²) in [5, 5.41) is 14.6. The molecule has 0 spiro atoms. The van der Waals surface area contributed by atoms with E-state index in [1.54, 1.807) is 6.20 Å². The Morgan fingerprint density at radius 3 is 2.93 bits per heavy atom. The Balaban J connectivity index is 1.65. The van der Waals surface area contributed by atoms with Gasteiger partial charge in [0.1, 0.15) is 5.82 Å². The number of amides is 1. The molecule has 0 bridgehead atoms. The van der Waals surface area contributed by atoms with Crippen LogP contribution in [0, 0.1) is 0 Å². The van der Waals surface area contributed by atoms with Crippen LogP contribution in [0.2, 0.25) is 0 Å². The summed E-state index contributed by atoms with van der Waals surface area (Å²) in [5.74, 6) is 1.42. The molecule has 0 fully saturated rings. The lowest BCUT2D eigenvalue weighted by atomic mass is 9.95. The Bertz CT molecular complexity index is 958. The number of carbonyl (C=O) groups is 1. The van der Waals surface area contributed by atoms with E-state index in [0.717, 1.165) is 29.2 Å². The van der Waals surface area contributed by atoms with Gasteiger partial charge >= 0.3 is 0 Å². The van der Waals surface area contributed by atoms with Crippen LogP contribution in [0.15, 0.2) is 30.5 Å². The number of rotatable bonds is 4. The Morgan fingerprint density at radius 2 is 2.19 bits per heavy atom. The second kappa shape index (κ2) is 6.86. The van der Waals surface area contributed by atoms with Crippen molar-refractivity contribution in [2.24, 2.45) is 0 Å². The van der Waals surface area contributed by atoms with Crippen LogP contribution in [0.1, 0.15) is 46.1 Å². The van der Waals surface area contributed by atoms with Gasteiger partial charge in [0, 0.05) is 50.4 Å². The van der Waals surface area contributed by atoms with Crippen molar-refractivity contribution in [3.8, 4) is 0 Å². The highest BCUT2D eigenvalue weighted by atomic mass is 16.2. The van der Waals surface area contributed by atoms with Crippen molar-refractivity contribution in [1.82, 2.24) is 30.3 Å². The van der Waals surface area contributed by atoms with E-state index in [9.17, 15) is 4.79 Å². The lowest BCUT2D eigenvalue weighted by molar-refractivity contribution is 0.0723. The number of fused-ring (bicyclic) bond motifs is 1. The van der Waals surface area contributed by atoms with E-state index in [1.165, 1.54) is 0 Å². The number of anilines is 1. The van der Waals surface area contributed by atoms with Crippen LogP contribution in [0.3, 0.4) is 0 Å². The van der Waals surface area contributed by atoms with Gasteiger partial charge in [0.05, 0.1) is 17.8 Å². The molecule has 0 aliphatic carbocycles. The van der Waals surface area contributed by atoms with Gasteiger partial charge in [-0.15, -0.1) is 0 Å². The zero-order valence-corrected chi connectivity index (χ0v) is 15.7. The fourth-order valence-electron chi connectivity index (χ4n) is 3.42. The molecule has 8 heteroatoms. The smallest absolute Gasteiger partial charge is 0.254 e. The van der Waals surface area contributed by atoms with Crippen molar-refractivity contribution in [1.29, 1.82) is 0 Å². The van der Waals surface area contributed by atoms with E-state index in [4.69, 9.17) is 0 Å². The van der Waals surface area contributed by atoms with Crippen molar-refractivity contribution in [3.63, 3.8) is 0 Å². The van der Waals surface area contributed by atoms with Gasteiger partial charge in [-0.2, -0.15) is 10.2 Å². The normalized spacial score (nSPS) is 16.3. The van der Waals surface area contributed by atoms with Gasteiger partial charge in [-0.25, -0.2) is 4.98 Å². The summed E-state index contributed by atoms with van der Waals surface area (Å²) in [6, 6.07) is 7.68. The maximum atomic E-state index is 13.2. The Morgan fingerprint density at radius 1 is 1.33 bits per heavy atom. The van der Waals surface area contributed by atoms with Crippen molar-refractivity contribution >= 4 is 11.6 Å². The number of benzene rings is 1. The quantitative estimate of drug-likeness (QED) is 0.737. The van der Waals surface area contributed by atoms with E-state index in [1.807, 2.05) is 55.1 Å². The first-order chi connectivity index (χ1) is 13.1. The van der Waals surface area contributed by atoms with Crippen molar-refractivity contribution in [3.05, 3.63) is 58.9 Å². The molecular weight excluding hydrogens is 342 g/mol. The first-order valence-corrected chi connectivity index (χ1v) is 9.06. The van der Waals surface area contributed by atoms with E-state index in [0.29, 0.717) is 24.5 Å². The monoisotopic (exact) mass is 365 g/mol. The van der Waals surface area contributed by atoms with E-state index < -0.39 is 0 Å². The third-order valence-corrected chi connectivity index (χ3v) is 4.96. The topological polar surface area (TPSA) is 93.8 Å². The molecular formula is C19H23N7O. The van der Waals surface area contributed by atoms with Crippen LogP contribution < -0.4 is 4.90 Å². The van der Waals surface area contributed by atoms with E-state index in [-0.39, 0.29) is 11.8 Å². The lowest BCUT2D eigenvalue weighted by Crippen LogP contribution is -2.38. The molecule has 4 rings (SSSR count). The van der Waals surface area contributed by atoms with Gasteiger partial charge in [-0.05, 0) is 18.2 Å². The molecule has 8 nitrogen and oxygen atoms in total. The summed E-state index contributed by atoms with van der Waals surface area (Å²) in [4.78, 5) is 21.6. The number of aromatic nitrogens is 5. The molecule has 2 aromatic heterocycles. The van der Waals surface area contributed by atoms with Crippen LogP contribution in [-0.4, -0.2) is 56.8 Å². The van der Waals surface area contributed by atoms with Gasteiger partial charge in [0.25, 0.3) is 5.91 Å². The lowest BCUT2D eigenvalue weighted by Gasteiger charge is -2.31. The second-order valence-electron chi connectivity index (χ2n) is 6.99. The molecule has 3 aromatic rings.